The molecule has 1 amide bonds. The highest BCUT2D eigenvalue weighted by atomic mass is 35.5. The minimum Gasteiger partial charge on any atom is -0.338 e. The van der Waals surface area contributed by atoms with Crippen molar-refractivity contribution in [2.75, 3.05) is 19.6 Å². The van der Waals surface area contributed by atoms with Crippen molar-refractivity contribution in [2.24, 2.45) is 17.3 Å². The summed E-state index contributed by atoms with van der Waals surface area (Å²) < 4.78 is 0. The van der Waals surface area contributed by atoms with Gasteiger partial charge in [0.2, 0.25) is 5.91 Å². The number of carbonyl (C=O) groups is 1. The number of amides is 1. The van der Waals surface area contributed by atoms with Crippen LogP contribution in [0, 0.1) is 17.3 Å². The van der Waals surface area contributed by atoms with Gasteiger partial charge in [-0.15, -0.1) is 0 Å². The molecular weight excluding hydrogens is 308 g/mol. The van der Waals surface area contributed by atoms with Gasteiger partial charge in [0.05, 0.1) is 0 Å². The van der Waals surface area contributed by atoms with Crippen molar-refractivity contribution in [3.63, 3.8) is 0 Å². The molecule has 1 aliphatic heterocycles. The molecule has 4 heteroatoms. The van der Waals surface area contributed by atoms with E-state index in [0.29, 0.717) is 23.8 Å². The van der Waals surface area contributed by atoms with Crippen LogP contribution in [0.2, 0.25) is 5.02 Å². The lowest BCUT2D eigenvalue weighted by Crippen LogP contribution is -2.38. The fraction of sp³-hybridized carbons (Fsp3) is 0.632. The van der Waals surface area contributed by atoms with Gasteiger partial charge in [-0.05, 0) is 61.4 Å². The Kier molecular flexibility index (Phi) is 4.98. The molecule has 2 fully saturated rings. The second kappa shape index (κ2) is 6.82. The monoisotopic (exact) mass is 334 g/mol. The first-order chi connectivity index (χ1) is 11.0. The van der Waals surface area contributed by atoms with E-state index in [-0.39, 0.29) is 5.92 Å². The number of hydrogen-bond acceptors (Lipinski definition) is 2. The molecule has 3 nitrogen and oxygen atoms in total. The van der Waals surface area contributed by atoms with Crippen LogP contribution in [0.25, 0.3) is 0 Å². The second-order valence-corrected chi connectivity index (χ2v) is 8.05. The summed E-state index contributed by atoms with van der Waals surface area (Å²) in [6.07, 6.45) is 3.38. The number of carbonyl (C=O) groups excluding carboxylic acids is 1. The number of nitrogens with one attached hydrogen (secondary N) is 1. The van der Waals surface area contributed by atoms with Crippen molar-refractivity contribution in [3.05, 3.63) is 34.9 Å². The van der Waals surface area contributed by atoms with Gasteiger partial charge in [-0.2, -0.15) is 0 Å². The van der Waals surface area contributed by atoms with Crippen molar-refractivity contribution < 1.29 is 4.79 Å². The predicted molar refractivity (Wildman–Crippen MR) is 94.4 cm³/mol. The highest BCUT2D eigenvalue weighted by Crippen LogP contribution is 2.59. The first kappa shape index (κ1) is 16.8. The summed E-state index contributed by atoms with van der Waals surface area (Å²) >= 11 is 6.09. The Morgan fingerprint density at radius 3 is 2.78 bits per heavy atom. The fourth-order valence-corrected chi connectivity index (χ4v) is 4.14. The van der Waals surface area contributed by atoms with E-state index in [4.69, 9.17) is 11.6 Å². The number of halogens is 1. The van der Waals surface area contributed by atoms with Crippen LogP contribution in [0.4, 0.5) is 0 Å². The third-order valence-corrected chi connectivity index (χ3v) is 5.48. The van der Waals surface area contributed by atoms with Gasteiger partial charge in [-0.1, -0.05) is 37.6 Å². The normalized spacial score (nSPS) is 22.3. The molecule has 1 heterocycles. The molecule has 2 aliphatic rings. The highest BCUT2D eigenvalue weighted by Gasteiger charge is 2.58. The summed E-state index contributed by atoms with van der Waals surface area (Å²) in [7, 11) is 0. The van der Waals surface area contributed by atoms with Crippen LogP contribution in [0.15, 0.2) is 24.3 Å². The van der Waals surface area contributed by atoms with Gasteiger partial charge in [0.15, 0.2) is 0 Å². The zero-order valence-electron chi connectivity index (χ0n) is 14.1. The molecule has 23 heavy (non-hydrogen) atoms. The maximum atomic E-state index is 13.1. The van der Waals surface area contributed by atoms with E-state index in [0.717, 1.165) is 49.5 Å². The quantitative estimate of drug-likeness (QED) is 0.890. The minimum atomic E-state index is 0.238. The van der Waals surface area contributed by atoms with Crippen LogP contribution in [0.5, 0.6) is 0 Å². The summed E-state index contributed by atoms with van der Waals surface area (Å²) in [6, 6.07) is 7.86. The number of piperidine rings is 1. The van der Waals surface area contributed by atoms with Crippen molar-refractivity contribution in [3.8, 4) is 0 Å². The molecule has 1 spiro atoms. The Morgan fingerprint density at radius 1 is 1.39 bits per heavy atom. The molecule has 0 unspecified atom stereocenters. The predicted octanol–water partition coefficient (Wildman–Crippen LogP) is 3.71. The zero-order valence-corrected chi connectivity index (χ0v) is 14.9. The summed E-state index contributed by atoms with van der Waals surface area (Å²) in [5, 5.41) is 4.14. The smallest absolute Gasteiger partial charge is 0.226 e. The lowest BCUT2D eigenvalue weighted by molar-refractivity contribution is -0.134. The van der Waals surface area contributed by atoms with Crippen LogP contribution in [-0.4, -0.2) is 30.4 Å². The van der Waals surface area contributed by atoms with Crippen LogP contribution in [-0.2, 0) is 11.3 Å². The van der Waals surface area contributed by atoms with Crippen molar-refractivity contribution in [1.82, 2.24) is 10.2 Å². The Bertz CT molecular complexity index is 566. The third-order valence-electron chi connectivity index (χ3n) is 5.25. The number of nitrogens with zero attached hydrogens (tertiary/aromatic N) is 1. The van der Waals surface area contributed by atoms with Crippen LogP contribution >= 0.6 is 11.6 Å². The van der Waals surface area contributed by atoms with Gasteiger partial charge in [0.1, 0.15) is 0 Å². The van der Waals surface area contributed by atoms with E-state index >= 15 is 0 Å². The highest BCUT2D eigenvalue weighted by molar-refractivity contribution is 6.30. The molecule has 126 valence electrons. The average Bonchev–Trinajstić information content (AvgIpc) is 3.19. The first-order valence-electron chi connectivity index (χ1n) is 8.74. The summed E-state index contributed by atoms with van der Waals surface area (Å²) in [5.41, 5.74) is 1.41. The van der Waals surface area contributed by atoms with Gasteiger partial charge in [-0.25, -0.2) is 0 Å². The SMILES string of the molecule is CC(C)CN(Cc1cccc(Cl)c1)C(=O)[C@@H]1CC12CCNCC2. The second-order valence-electron chi connectivity index (χ2n) is 7.61. The van der Waals surface area contributed by atoms with E-state index < -0.39 is 0 Å². The molecular formula is C19H27ClN2O. The number of benzene rings is 1. The summed E-state index contributed by atoms with van der Waals surface area (Å²) in [5.74, 6) is 1.06. The molecule has 0 bridgehead atoms. The topological polar surface area (TPSA) is 32.3 Å². The van der Waals surface area contributed by atoms with E-state index in [2.05, 4.69) is 30.1 Å². The van der Waals surface area contributed by atoms with Gasteiger partial charge in [0.25, 0.3) is 0 Å². The van der Waals surface area contributed by atoms with Crippen molar-refractivity contribution in [2.45, 2.75) is 39.7 Å². The lowest BCUT2D eigenvalue weighted by Gasteiger charge is -2.28. The van der Waals surface area contributed by atoms with Gasteiger partial charge >= 0.3 is 0 Å². The summed E-state index contributed by atoms with van der Waals surface area (Å²) in [6.45, 7) is 7.94. The van der Waals surface area contributed by atoms with E-state index in [1.54, 1.807) is 0 Å². The molecule has 3 rings (SSSR count). The van der Waals surface area contributed by atoms with Crippen molar-refractivity contribution in [1.29, 1.82) is 0 Å². The molecule has 1 saturated carbocycles. The van der Waals surface area contributed by atoms with Gasteiger partial charge in [-0.3, -0.25) is 4.79 Å². The molecule has 1 N–H and O–H groups in total. The van der Waals surface area contributed by atoms with Gasteiger partial charge in [0, 0.05) is 24.0 Å². The Labute approximate surface area is 144 Å². The number of hydrogen-bond donors (Lipinski definition) is 1. The third kappa shape index (κ3) is 3.89. The molecule has 1 atom stereocenters. The van der Waals surface area contributed by atoms with E-state index in [1.165, 1.54) is 0 Å². The minimum absolute atomic E-state index is 0.238. The Morgan fingerprint density at radius 2 is 2.13 bits per heavy atom. The molecule has 1 aliphatic carbocycles. The van der Waals surface area contributed by atoms with E-state index in [9.17, 15) is 4.79 Å². The standard InChI is InChI=1S/C19H27ClN2O/c1-14(2)12-22(13-15-4-3-5-16(20)10-15)18(23)17-11-19(17)6-8-21-9-7-19/h3-5,10,14,17,21H,6-9,11-13H2,1-2H3/t17-/m0/s1. The van der Waals surface area contributed by atoms with Gasteiger partial charge < -0.3 is 10.2 Å². The fourth-order valence-electron chi connectivity index (χ4n) is 3.92. The molecule has 0 aromatic heterocycles. The van der Waals surface area contributed by atoms with Crippen LogP contribution < -0.4 is 5.32 Å². The average molecular weight is 335 g/mol. The maximum absolute atomic E-state index is 13.1. The summed E-state index contributed by atoms with van der Waals surface area (Å²) in [4.78, 5) is 15.1. The molecule has 1 aromatic rings. The van der Waals surface area contributed by atoms with Crippen molar-refractivity contribution >= 4 is 17.5 Å². The Balaban J connectivity index is 1.70. The largest absolute Gasteiger partial charge is 0.338 e. The molecule has 1 aromatic carbocycles. The molecule has 0 radical (unpaired) electrons. The molecule has 1 saturated heterocycles. The van der Waals surface area contributed by atoms with Crippen LogP contribution in [0.1, 0.15) is 38.7 Å². The zero-order chi connectivity index (χ0) is 16.4. The maximum Gasteiger partial charge on any atom is 0.226 e. The van der Waals surface area contributed by atoms with E-state index in [1.807, 2.05) is 18.2 Å². The lowest BCUT2D eigenvalue weighted by atomic mass is 9.91. The Hall–Kier alpha value is -1.06. The first-order valence-corrected chi connectivity index (χ1v) is 9.12. The number of rotatable bonds is 5. The van der Waals surface area contributed by atoms with Crippen LogP contribution in [0.3, 0.4) is 0 Å².